The highest BCUT2D eigenvalue weighted by molar-refractivity contribution is 6.25. The van der Waals surface area contributed by atoms with E-state index in [1.807, 2.05) is 0 Å². The highest BCUT2D eigenvalue weighted by Gasteiger charge is 2.14. The normalized spacial score (nSPS) is 11.8. The van der Waals surface area contributed by atoms with Gasteiger partial charge in [-0.2, -0.15) is 0 Å². The van der Waals surface area contributed by atoms with Crippen molar-refractivity contribution in [2.75, 3.05) is 0 Å². The Bertz CT molecular complexity index is 2180. The summed E-state index contributed by atoms with van der Waals surface area (Å²) in [7, 11) is 0. The Morgan fingerprint density at radius 2 is 0.821 bits per heavy atom. The molecule has 0 spiro atoms. The van der Waals surface area contributed by atoms with Crippen LogP contribution >= 0.6 is 0 Å². The summed E-state index contributed by atoms with van der Waals surface area (Å²) in [5.41, 5.74) is 7.61. The second-order valence-corrected chi connectivity index (χ2v) is 10.4. The van der Waals surface area contributed by atoms with Crippen LogP contribution in [0.5, 0.6) is 0 Å². The highest BCUT2D eigenvalue weighted by atomic mass is 15.0. The Morgan fingerprint density at radius 3 is 1.44 bits per heavy atom. The van der Waals surface area contributed by atoms with Gasteiger partial charge >= 0.3 is 0 Å². The van der Waals surface area contributed by atoms with Gasteiger partial charge in [0.1, 0.15) is 0 Å². The highest BCUT2D eigenvalue weighted by Crippen LogP contribution is 2.40. The topological polar surface area (TPSA) is 4.93 Å². The van der Waals surface area contributed by atoms with Gasteiger partial charge in [0.25, 0.3) is 0 Å². The Balaban J connectivity index is 1.37. The second-order valence-electron chi connectivity index (χ2n) is 10.4. The van der Waals surface area contributed by atoms with Gasteiger partial charge in [0, 0.05) is 28.4 Å². The fourth-order valence-electron chi connectivity index (χ4n) is 6.62. The summed E-state index contributed by atoms with van der Waals surface area (Å²) in [4.78, 5) is 0. The fourth-order valence-corrected chi connectivity index (χ4v) is 6.62. The van der Waals surface area contributed by atoms with E-state index in [0.717, 1.165) is 6.54 Å². The molecular formula is C38H27N. The molecule has 0 amide bonds. The van der Waals surface area contributed by atoms with Gasteiger partial charge in [-0.15, -0.1) is 0 Å². The van der Waals surface area contributed by atoms with Crippen LogP contribution in [-0.2, 0) is 6.54 Å². The zero-order valence-electron chi connectivity index (χ0n) is 21.9. The van der Waals surface area contributed by atoms with E-state index >= 15 is 0 Å². The Labute approximate surface area is 227 Å². The number of aryl methyl sites for hydroxylation is 1. The molecule has 184 valence electrons. The summed E-state index contributed by atoms with van der Waals surface area (Å²) >= 11 is 0. The molecule has 0 aliphatic carbocycles. The molecule has 0 bridgehead atoms. The second kappa shape index (κ2) is 8.58. The van der Waals surface area contributed by atoms with Crippen LogP contribution in [0.2, 0.25) is 0 Å². The van der Waals surface area contributed by atoms with E-state index in [2.05, 4.69) is 145 Å². The zero-order valence-corrected chi connectivity index (χ0v) is 21.9. The molecule has 0 aliphatic heterocycles. The zero-order chi connectivity index (χ0) is 25.9. The summed E-state index contributed by atoms with van der Waals surface area (Å²) in [6.07, 6.45) is 0. The quantitative estimate of drug-likeness (QED) is 0.214. The summed E-state index contributed by atoms with van der Waals surface area (Å²) in [6, 6.07) is 49.1. The van der Waals surface area contributed by atoms with E-state index < -0.39 is 0 Å². The number of nitrogens with zero attached hydrogens (tertiary/aromatic N) is 1. The third-order valence-corrected chi connectivity index (χ3v) is 8.38. The summed E-state index contributed by atoms with van der Waals surface area (Å²) < 4.78 is 2.43. The Kier molecular flexibility index (Phi) is 4.87. The number of para-hydroxylation sites is 1. The average Bonchev–Trinajstić information content (AvgIpc) is 3.34. The maximum atomic E-state index is 2.43. The van der Waals surface area contributed by atoms with Gasteiger partial charge in [-0.3, -0.25) is 0 Å². The fraction of sp³-hybridized carbons (Fsp3) is 0.0526. The minimum atomic E-state index is 0.945. The molecule has 1 heteroatoms. The molecule has 0 saturated heterocycles. The van der Waals surface area contributed by atoms with Crippen molar-refractivity contribution >= 4 is 54.1 Å². The minimum absolute atomic E-state index is 0.945. The van der Waals surface area contributed by atoms with Gasteiger partial charge in [-0.1, -0.05) is 115 Å². The molecule has 1 heterocycles. The van der Waals surface area contributed by atoms with Crippen molar-refractivity contribution in [3.05, 3.63) is 133 Å². The first-order valence-corrected chi connectivity index (χ1v) is 13.8. The molecule has 1 nitrogen and oxygen atoms in total. The van der Waals surface area contributed by atoms with Gasteiger partial charge in [-0.25, -0.2) is 0 Å². The van der Waals surface area contributed by atoms with E-state index in [-0.39, 0.29) is 0 Å². The SMILES string of the molecule is CCn1c2ccccc2c2ccc(-c3ccccc3-c3ccc4c5ccccc5c5ccccc5c4c3)cc21. The lowest BCUT2D eigenvalue weighted by Crippen LogP contribution is -1.93. The first-order chi connectivity index (χ1) is 19.3. The molecular weight excluding hydrogens is 470 g/mol. The first kappa shape index (κ1) is 22.1. The van der Waals surface area contributed by atoms with Crippen LogP contribution in [0.3, 0.4) is 0 Å². The molecule has 8 rings (SSSR count). The van der Waals surface area contributed by atoms with Crippen LogP contribution in [0, 0.1) is 0 Å². The van der Waals surface area contributed by atoms with E-state index in [9.17, 15) is 0 Å². The van der Waals surface area contributed by atoms with Crippen molar-refractivity contribution in [2.45, 2.75) is 13.5 Å². The van der Waals surface area contributed by atoms with Crippen molar-refractivity contribution in [2.24, 2.45) is 0 Å². The molecule has 0 radical (unpaired) electrons. The molecule has 39 heavy (non-hydrogen) atoms. The van der Waals surface area contributed by atoms with Gasteiger partial charge in [0.2, 0.25) is 0 Å². The average molecular weight is 498 g/mol. The molecule has 0 unspecified atom stereocenters. The Morgan fingerprint density at radius 1 is 0.385 bits per heavy atom. The van der Waals surface area contributed by atoms with Crippen LogP contribution in [0.1, 0.15) is 6.92 Å². The third-order valence-electron chi connectivity index (χ3n) is 8.38. The largest absolute Gasteiger partial charge is 0.341 e. The molecule has 7 aromatic carbocycles. The lowest BCUT2D eigenvalue weighted by Gasteiger charge is -2.14. The van der Waals surface area contributed by atoms with Gasteiger partial charge in [0.05, 0.1) is 0 Å². The maximum Gasteiger partial charge on any atom is 0.0497 e. The van der Waals surface area contributed by atoms with E-state index in [4.69, 9.17) is 0 Å². The predicted molar refractivity (Wildman–Crippen MR) is 169 cm³/mol. The van der Waals surface area contributed by atoms with Crippen molar-refractivity contribution in [3.63, 3.8) is 0 Å². The number of hydrogen-bond donors (Lipinski definition) is 0. The lowest BCUT2D eigenvalue weighted by molar-refractivity contribution is 0.827. The number of benzene rings is 7. The lowest BCUT2D eigenvalue weighted by atomic mass is 9.89. The van der Waals surface area contributed by atoms with Crippen molar-refractivity contribution in [3.8, 4) is 22.3 Å². The summed E-state index contributed by atoms with van der Waals surface area (Å²) in [6.45, 7) is 3.18. The van der Waals surface area contributed by atoms with Crippen molar-refractivity contribution in [1.82, 2.24) is 4.57 Å². The van der Waals surface area contributed by atoms with Crippen LogP contribution in [0.15, 0.2) is 133 Å². The maximum absolute atomic E-state index is 2.43. The van der Waals surface area contributed by atoms with Crippen LogP contribution in [-0.4, -0.2) is 4.57 Å². The number of fused-ring (bicyclic) bond motifs is 9. The predicted octanol–water partition coefficient (Wildman–Crippen LogP) is 10.6. The van der Waals surface area contributed by atoms with E-state index in [1.54, 1.807) is 0 Å². The van der Waals surface area contributed by atoms with Gasteiger partial charge in [0.15, 0.2) is 0 Å². The van der Waals surface area contributed by atoms with Crippen molar-refractivity contribution < 1.29 is 0 Å². The molecule has 0 N–H and O–H groups in total. The number of hydrogen-bond acceptors (Lipinski definition) is 0. The molecule has 0 saturated carbocycles. The van der Waals surface area contributed by atoms with E-state index in [0.29, 0.717) is 0 Å². The third kappa shape index (κ3) is 3.26. The molecule has 0 fully saturated rings. The number of rotatable bonds is 3. The smallest absolute Gasteiger partial charge is 0.0497 e. The van der Waals surface area contributed by atoms with Crippen LogP contribution in [0.4, 0.5) is 0 Å². The molecule has 8 aromatic rings. The molecule has 1 aromatic heterocycles. The minimum Gasteiger partial charge on any atom is -0.341 e. The van der Waals surface area contributed by atoms with Crippen LogP contribution < -0.4 is 0 Å². The molecule has 0 atom stereocenters. The summed E-state index contributed by atoms with van der Waals surface area (Å²) in [5.74, 6) is 0. The molecule has 0 aliphatic rings. The van der Waals surface area contributed by atoms with Crippen LogP contribution in [0.25, 0.3) is 76.4 Å². The summed E-state index contributed by atoms with van der Waals surface area (Å²) in [5, 5.41) is 10.5. The standard InChI is InChI=1S/C38H27N/c1-2-39-37-18-10-9-17-34(37)35-22-20-26(24-38(35)39)28-12-4-3-11-27(28)25-19-21-33-31-15-6-5-13-29(31)30-14-7-8-16-32(30)36(33)23-25/h3-24H,2H2,1H3. The number of aromatic nitrogens is 1. The van der Waals surface area contributed by atoms with Gasteiger partial charge in [-0.05, 0) is 79.7 Å². The van der Waals surface area contributed by atoms with Crippen molar-refractivity contribution in [1.29, 1.82) is 0 Å². The monoisotopic (exact) mass is 497 g/mol. The van der Waals surface area contributed by atoms with Gasteiger partial charge < -0.3 is 4.57 Å². The first-order valence-electron chi connectivity index (χ1n) is 13.8. The Hall–Kier alpha value is -4.88. The van der Waals surface area contributed by atoms with E-state index in [1.165, 1.54) is 76.4 Å².